The van der Waals surface area contributed by atoms with Gasteiger partial charge in [-0.2, -0.15) is 18.2 Å². The van der Waals surface area contributed by atoms with Crippen LogP contribution in [0, 0.1) is 0 Å². The van der Waals surface area contributed by atoms with Crippen molar-refractivity contribution >= 4 is 5.97 Å². The molecule has 1 aromatic heterocycles. The molecule has 0 unspecified atom stereocenters. The third-order valence-electron chi connectivity index (χ3n) is 2.41. The van der Waals surface area contributed by atoms with Gasteiger partial charge in [0.1, 0.15) is 5.75 Å². The molecule has 0 fully saturated rings. The number of aromatic nitrogens is 2. The molecule has 0 saturated heterocycles. The molecule has 0 amide bonds. The summed E-state index contributed by atoms with van der Waals surface area (Å²) in [6, 6.07) is 6.16. The van der Waals surface area contributed by atoms with Crippen LogP contribution < -0.4 is 4.74 Å². The largest absolute Gasteiger partial charge is 0.481 e. The van der Waals surface area contributed by atoms with Gasteiger partial charge < -0.3 is 9.84 Å². The van der Waals surface area contributed by atoms with E-state index >= 15 is 0 Å². The molecule has 21 heavy (non-hydrogen) atoms. The molecule has 1 N–H and O–H groups in total. The maximum atomic E-state index is 12.5. The number of halogens is 3. The first-order chi connectivity index (χ1) is 9.84. The molecule has 0 aliphatic carbocycles. The Labute approximate surface area is 117 Å². The Kier molecular flexibility index (Phi) is 4.06. The fraction of sp³-hybridized carbons (Fsp3) is 0.154. The van der Waals surface area contributed by atoms with Crippen LogP contribution in [0.25, 0.3) is 0 Å². The van der Waals surface area contributed by atoms with Gasteiger partial charge in [-0.05, 0) is 23.8 Å². The van der Waals surface area contributed by atoms with E-state index in [1.807, 2.05) is 0 Å². The van der Waals surface area contributed by atoms with Crippen LogP contribution in [0.15, 0.2) is 36.5 Å². The average Bonchev–Trinajstić information content (AvgIpc) is 2.40. The predicted molar refractivity (Wildman–Crippen MR) is 64.9 cm³/mol. The van der Waals surface area contributed by atoms with Gasteiger partial charge in [0.05, 0.1) is 6.42 Å². The molecule has 110 valence electrons. The van der Waals surface area contributed by atoms with Crippen molar-refractivity contribution in [3.63, 3.8) is 0 Å². The topological polar surface area (TPSA) is 72.3 Å². The normalized spacial score (nSPS) is 11.2. The molecule has 1 aromatic carbocycles. The third-order valence-corrected chi connectivity index (χ3v) is 2.41. The zero-order valence-electron chi connectivity index (χ0n) is 10.5. The van der Waals surface area contributed by atoms with Gasteiger partial charge in [-0.15, -0.1) is 0 Å². The van der Waals surface area contributed by atoms with Crippen molar-refractivity contribution in [3.8, 4) is 11.8 Å². The Morgan fingerprint density at radius 3 is 2.43 bits per heavy atom. The van der Waals surface area contributed by atoms with Crippen LogP contribution in [0.5, 0.6) is 11.8 Å². The molecule has 0 bridgehead atoms. The van der Waals surface area contributed by atoms with Gasteiger partial charge >= 0.3 is 18.2 Å². The fourth-order valence-electron chi connectivity index (χ4n) is 1.50. The summed E-state index contributed by atoms with van der Waals surface area (Å²) in [6.07, 6.45) is -3.78. The van der Waals surface area contributed by atoms with E-state index < -0.39 is 23.8 Å². The molecule has 0 aliphatic rings. The Morgan fingerprint density at radius 1 is 1.19 bits per heavy atom. The molecule has 0 spiro atoms. The van der Waals surface area contributed by atoms with Crippen molar-refractivity contribution in [2.75, 3.05) is 0 Å². The van der Waals surface area contributed by atoms with E-state index in [9.17, 15) is 18.0 Å². The molecular weight excluding hydrogens is 289 g/mol. The predicted octanol–water partition coefficient (Wildman–Crippen LogP) is 2.91. The number of aliphatic carboxylic acids is 1. The average molecular weight is 298 g/mol. The molecule has 0 aliphatic heterocycles. The number of benzene rings is 1. The van der Waals surface area contributed by atoms with Gasteiger partial charge in [-0.1, -0.05) is 12.1 Å². The van der Waals surface area contributed by atoms with Crippen LogP contribution in [0.1, 0.15) is 11.3 Å². The monoisotopic (exact) mass is 298 g/mol. The molecule has 5 nitrogen and oxygen atoms in total. The number of carbonyl (C=O) groups is 1. The number of hydrogen-bond donors (Lipinski definition) is 1. The lowest BCUT2D eigenvalue weighted by molar-refractivity contribution is -0.141. The first-order valence-corrected chi connectivity index (χ1v) is 5.73. The molecule has 1 heterocycles. The van der Waals surface area contributed by atoms with E-state index in [1.54, 1.807) is 0 Å². The van der Waals surface area contributed by atoms with Crippen molar-refractivity contribution in [3.05, 3.63) is 47.8 Å². The number of carboxylic acids is 1. The summed E-state index contributed by atoms with van der Waals surface area (Å²) < 4.78 is 42.5. The lowest BCUT2D eigenvalue weighted by Crippen LogP contribution is -2.08. The minimum absolute atomic E-state index is 0.152. The number of hydrogen-bond acceptors (Lipinski definition) is 4. The van der Waals surface area contributed by atoms with Gasteiger partial charge in [0.25, 0.3) is 0 Å². The van der Waals surface area contributed by atoms with Crippen LogP contribution in [-0.2, 0) is 17.4 Å². The second-order valence-electron chi connectivity index (χ2n) is 4.04. The van der Waals surface area contributed by atoms with Crippen LogP contribution in [0.2, 0.25) is 0 Å². The van der Waals surface area contributed by atoms with Crippen molar-refractivity contribution in [2.45, 2.75) is 12.6 Å². The van der Waals surface area contributed by atoms with Gasteiger partial charge in [-0.25, -0.2) is 4.98 Å². The molecule has 0 atom stereocenters. The van der Waals surface area contributed by atoms with Gasteiger partial charge in [0, 0.05) is 6.20 Å². The van der Waals surface area contributed by atoms with E-state index in [-0.39, 0.29) is 12.2 Å². The molecule has 2 aromatic rings. The van der Waals surface area contributed by atoms with E-state index in [2.05, 4.69) is 9.97 Å². The zero-order chi connectivity index (χ0) is 15.5. The minimum Gasteiger partial charge on any atom is -0.481 e. The van der Waals surface area contributed by atoms with E-state index in [1.165, 1.54) is 24.3 Å². The van der Waals surface area contributed by atoms with Crippen molar-refractivity contribution in [1.82, 2.24) is 9.97 Å². The molecular formula is C13H9F3N2O3. The Morgan fingerprint density at radius 2 is 1.86 bits per heavy atom. The quantitative estimate of drug-likeness (QED) is 0.939. The lowest BCUT2D eigenvalue weighted by Gasteiger charge is -2.08. The highest BCUT2D eigenvalue weighted by Crippen LogP contribution is 2.28. The van der Waals surface area contributed by atoms with Crippen LogP contribution in [-0.4, -0.2) is 21.0 Å². The highest BCUT2D eigenvalue weighted by atomic mass is 19.4. The van der Waals surface area contributed by atoms with Crippen molar-refractivity contribution in [2.24, 2.45) is 0 Å². The number of ether oxygens (including phenoxy) is 1. The smallest absolute Gasteiger partial charge is 0.433 e. The highest BCUT2D eigenvalue weighted by molar-refractivity contribution is 5.70. The van der Waals surface area contributed by atoms with Crippen LogP contribution in [0.3, 0.4) is 0 Å². The molecule has 0 radical (unpaired) electrons. The second-order valence-corrected chi connectivity index (χ2v) is 4.04. The summed E-state index contributed by atoms with van der Waals surface area (Å²) in [6.45, 7) is 0. The van der Waals surface area contributed by atoms with Gasteiger partial charge in [0.2, 0.25) is 0 Å². The Bertz CT molecular complexity index is 642. The zero-order valence-corrected chi connectivity index (χ0v) is 10.5. The van der Waals surface area contributed by atoms with Crippen LogP contribution in [0.4, 0.5) is 13.2 Å². The summed E-state index contributed by atoms with van der Waals surface area (Å²) >= 11 is 0. The first kappa shape index (κ1) is 14.8. The third kappa shape index (κ3) is 4.16. The van der Waals surface area contributed by atoms with Crippen molar-refractivity contribution < 1.29 is 27.8 Å². The lowest BCUT2D eigenvalue weighted by atomic mass is 10.1. The molecule has 2 rings (SSSR count). The maximum absolute atomic E-state index is 12.5. The molecule has 8 heteroatoms. The summed E-state index contributed by atoms with van der Waals surface area (Å²) in [7, 11) is 0. The van der Waals surface area contributed by atoms with Gasteiger partial charge in [-0.3, -0.25) is 4.79 Å². The Hall–Kier alpha value is -2.64. The maximum Gasteiger partial charge on any atom is 0.433 e. The number of nitrogens with zero attached hydrogens (tertiary/aromatic N) is 2. The number of rotatable bonds is 4. The minimum atomic E-state index is -4.58. The van der Waals surface area contributed by atoms with Crippen molar-refractivity contribution in [1.29, 1.82) is 0 Å². The number of carboxylic acid groups (broad SMARTS) is 1. The summed E-state index contributed by atoms with van der Waals surface area (Å²) in [5.41, 5.74) is -0.560. The first-order valence-electron chi connectivity index (χ1n) is 5.73. The summed E-state index contributed by atoms with van der Waals surface area (Å²) in [5, 5.41) is 8.62. The van der Waals surface area contributed by atoms with Gasteiger partial charge in [0.15, 0.2) is 5.69 Å². The fourth-order valence-corrected chi connectivity index (χ4v) is 1.50. The van der Waals surface area contributed by atoms with Crippen LogP contribution >= 0.6 is 0 Å². The SMILES string of the molecule is O=C(O)Cc1ccc(Oc2nccc(C(F)(F)F)n2)cc1. The van der Waals surface area contributed by atoms with E-state index in [0.717, 1.165) is 12.3 Å². The second kappa shape index (κ2) is 5.78. The highest BCUT2D eigenvalue weighted by Gasteiger charge is 2.33. The van der Waals surface area contributed by atoms with E-state index in [4.69, 9.17) is 9.84 Å². The summed E-state index contributed by atoms with van der Waals surface area (Å²) in [4.78, 5) is 17.4. The molecule has 0 saturated carbocycles. The van der Waals surface area contributed by atoms with E-state index in [0.29, 0.717) is 5.56 Å². The number of alkyl halides is 3. The standard InChI is InChI=1S/C13H9F3N2O3/c14-13(15,16)10-5-6-17-12(18-10)21-9-3-1-8(2-4-9)7-11(19)20/h1-6H,7H2,(H,19,20). The summed E-state index contributed by atoms with van der Waals surface area (Å²) in [5.74, 6) is -0.770. The Balaban J connectivity index is 2.13.